The first-order chi connectivity index (χ1) is 13.0. The Balaban J connectivity index is 2.10. The first-order valence-electron chi connectivity index (χ1n) is 8.91. The fourth-order valence-electron chi connectivity index (χ4n) is 3.04. The number of carbonyl (C=O) groups is 2. The number of ketones is 1. The minimum absolute atomic E-state index is 0.139. The van der Waals surface area contributed by atoms with Gasteiger partial charge < -0.3 is 35.2 Å². The number of likely N-dealkylation sites (N-methyl/N-ethyl adjacent to an activating group) is 1. The molecule has 0 bridgehead atoms. The number of amides is 1. The third-order valence-corrected chi connectivity index (χ3v) is 4.63. The number of aliphatic hydroxyl groups excluding tert-OH is 5. The molecule has 1 heterocycles. The third-order valence-electron chi connectivity index (χ3n) is 4.63. The van der Waals surface area contributed by atoms with Gasteiger partial charge in [0.2, 0.25) is 0 Å². The molecule has 4 unspecified atom stereocenters. The molecule has 4 atom stereocenters. The van der Waals surface area contributed by atoms with Crippen LogP contribution in [0.1, 0.15) is 41.0 Å². The highest BCUT2D eigenvalue weighted by molar-refractivity contribution is 6.03. The number of ether oxygens (including phenoxy) is 1. The molecule has 1 aromatic carbocycles. The summed E-state index contributed by atoms with van der Waals surface area (Å²) in [5.74, 6) is -0.249. The van der Waals surface area contributed by atoms with Gasteiger partial charge >= 0.3 is 0 Å². The van der Waals surface area contributed by atoms with Crippen molar-refractivity contribution >= 4 is 11.7 Å². The Bertz CT molecular complexity index is 735. The van der Waals surface area contributed by atoms with Crippen LogP contribution >= 0.6 is 0 Å². The van der Waals surface area contributed by atoms with Crippen LogP contribution in [0.15, 0.2) is 18.2 Å². The summed E-state index contributed by atoms with van der Waals surface area (Å²) >= 11 is 0. The number of carbonyl (C=O) groups excluding carboxylic acids is 2. The number of rotatable bonds is 7. The van der Waals surface area contributed by atoms with Gasteiger partial charge in [0.25, 0.3) is 5.91 Å². The maximum Gasteiger partial charge on any atom is 0.253 e. The molecule has 2 rings (SSSR count). The molecule has 5 N–H and O–H groups in total. The van der Waals surface area contributed by atoms with Gasteiger partial charge in [-0.2, -0.15) is 0 Å². The molecule has 0 fully saturated rings. The molecule has 0 aliphatic carbocycles. The molecule has 0 aromatic heterocycles. The summed E-state index contributed by atoms with van der Waals surface area (Å²) in [6.07, 6.45) is -6.54. The molecule has 156 valence electrons. The van der Waals surface area contributed by atoms with Crippen molar-refractivity contribution in [2.75, 3.05) is 20.2 Å². The average Bonchev–Trinajstić information content (AvgIpc) is 2.64. The highest BCUT2D eigenvalue weighted by atomic mass is 16.5. The summed E-state index contributed by atoms with van der Waals surface area (Å²) in [6.45, 7) is 2.47. The molecule has 9 nitrogen and oxygen atoms in total. The molecule has 28 heavy (non-hydrogen) atoms. The lowest BCUT2D eigenvalue weighted by Gasteiger charge is -2.32. The van der Waals surface area contributed by atoms with Crippen LogP contribution in [0.4, 0.5) is 0 Å². The van der Waals surface area contributed by atoms with E-state index in [1.807, 2.05) is 0 Å². The van der Waals surface area contributed by atoms with Gasteiger partial charge in [-0.1, -0.05) is 0 Å². The Morgan fingerprint density at radius 2 is 1.79 bits per heavy atom. The van der Waals surface area contributed by atoms with Crippen molar-refractivity contribution in [1.82, 2.24) is 4.90 Å². The largest absolute Gasteiger partial charge is 0.487 e. The van der Waals surface area contributed by atoms with Crippen molar-refractivity contribution in [3.63, 3.8) is 0 Å². The second kappa shape index (κ2) is 8.54. The van der Waals surface area contributed by atoms with Crippen LogP contribution in [0.2, 0.25) is 0 Å². The topological polar surface area (TPSA) is 148 Å². The molecule has 1 aliphatic rings. The number of hydrogen-bond acceptors (Lipinski definition) is 8. The van der Waals surface area contributed by atoms with E-state index in [1.54, 1.807) is 19.9 Å². The SMILES string of the molecule is CN(CC(O)C(O)C(O)C(O)CO)C(=O)c1ccc2c(c1)C(=O)CC(C)(C)O2. The predicted octanol–water partition coefficient (Wildman–Crippen LogP) is -1.06. The lowest BCUT2D eigenvalue weighted by atomic mass is 9.92. The zero-order valence-corrected chi connectivity index (χ0v) is 16.1. The van der Waals surface area contributed by atoms with Gasteiger partial charge in [-0.15, -0.1) is 0 Å². The van der Waals surface area contributed by atoms with E-state index in [4.69, 9.17) is 9.84 Å². The van der Waals surface area contributed by atoms with Gasteiger partial charge in [0.05, 0.1) is 18.6 Å². The minimum Gasteiger partial charge on any atom is -0.487 e. The summed E-state index contributed by atoms with van der Waals surface area (Å²) in [4.78, 5) is 26.1. The van der Waals surface area contributed by atoms with Gasteiger partial charge in [-0.05, 0) is 32.0 Å². The second-order valence-electron chi connectivity index (χ2n) is 7.66. The standard InChI is InChI=1S/C19H27NO8/c1-19(2)7-12(22)11-6-10(4-5-15(11)28-19)18(27)20(3)8-13(23)16(25)17(26)14(24)9-21/h4-6,13-14,16-17,21,23-26H,7-9H2,1-3H3. The zero-order valence-electron chi connectivity index (χ0n) is 16.1. The quantitative estimate of drug-likeness (QED) is 0.391. The van der Waals surface area contributed by atoms with Gasteiger partial charge in [-0.25, -0.2) is 0 Å². The lowest BCUT2D eigenvalue weighted by molar-refractivity contribution is -0.117. The van der Waals surface area contributed by atoms with Crippen LogP contribution in [0.25, 0.3) is 0 Å². The number of benzene rings is 1. The predicted molar refractivity (Wildman–Crippen MR) is 98.2 cm³/mol. The summed E-state index contributed by atoms with van der Waals surface area (Å²) in [6, 6.07) is 4.47. The van der Waals surface area contributed by atoms with Crippen molar-refractivity contribution < 1.29 is 39.9 Å². The van der Waals surface area contributed by atoms with E-state index in [-0.39, 0.29) is 24.3 Å². The van der Waals surface area contributed by atoms with Gasteiger partial charge in [-0.3, -0.25) is 9.59 Å². The Kier molecular flexibility index (Phi) is 6.79. The van der Waals surface area contributed by atoms with Crippen molar-refractivity contribution in [2.24, 2.45) is 0 Å². The van der Waals surface area contributed by atoms with E-state index in [1.165, 1.54) is 19.2 Å². The van der Waals surface area contributed by atoms with Crippen LogP contribution < -0.4 is 4.74 Å². The van der Waals surface area contributed by atoms with Crippen LogP contribution in [-0.4, -0.2) is 92.3 Å². The molecule has 0 spiro atoms. The molecule has 0 radical (unpaired) electrons. The van der Waals surface area contributed by atoms with Crippen LogP contribution in [0, 0.1) is 0 Å². The summed E-state index contributed by atoms with van der Waals surface area (Å²) in [5.41, 5.74) is -0.108. The maximum atomic E-state index is 12.6. The number of Topliss-reactive ketones (excluding diaryl/α,β-unsaturated/α-hetero) is 1. The van der Waals surface area contributed by atoms with E-state index in [2.05, 4.69) is 0 Å². The van der Waals surface area contributed by atoms with E-state index in [9.17, 15) is 30.0 Å². The highest BCUT2D eigenvalue weighted by Crippen LogP contribution is 2.33. The van der Waals surface area contributed by atoms with E-state index in [0.717, 1.165) is 4.90 Å². The number of hydrogen-bond donors (Lipinski definition) is 5. The summed E-state index contributed by atoms with van der Waals surface area (Å²) in [5, 5.41) is 47.7. The van der Waals surface area contributed by atoms with E-state index >= 15 is 0 Å². The van der Waals surface area contributed by atoms with Crippen LogP contribution in [-0.2, 0) is 0 Å². The lowest BCUT2D eigenvalue weighted by Crippen LogP contribution is -2.50. The van der Waals surface area contributed by atoms with Crippen LogP contribution in [0.3, 0.4) is 0 Å². The number of aliphatic hydroxyl groups is 5. The Labute approximate surface area is 162 Å². The van der Waals surface area contributed by atoms with E-state index in [0.29, 0.717) is 11.3 Å². The third kappa shape index (κ3) is 4.86. The molecule has 0 saturated heterocycles. The summed E-state index contributed by atoms with van der Waals surface area (Å²) < 4.78 is 5.75. The smallest absolute Gasteiger partial charge is 0.253 e. The molecule has 1 amide bonds. The fourth-order valence-corrected chi connectivity index (χ4v) is 3.04. The highest BCUT2D eigenvalue weighted by Gasteiger charge is 2.34. The van der Waals surface area contributed by atoms with Crippen molar-refractivity contribution in [3.8, 4) is 5.75 Å². The van der Waals surface area contributed by atoms with Crippen molar-refractivity contribution in [1.29, 1.82) is 0 Å². The van der Waals surface area contributed by atoms with E-state index < -0.39 is 42.5 Å². The zero-order chi connectivity index (χ0) is 21.2. The fraction of sp³-hybridized carbons (Fsp3) is 0.579. The first-order valence-corrected chi connectivity index (χ1v) is 8.91. The number of fused-ring (bicyclic) bond motifs is 1. The van der Waals surface area contributed by atoms with Gasteiger partial charge in [0.1, 0.15) is 35.8 Å². The Morgan fingerprint density at radius 1 is 1.18 bits per heavy atom. The molecular formula is C19H27NO8. The molecule has 1 aromatic rings. The second-order valence-corrected chi connectivity index (χ2v) is 7.66. The first kappa shape index (κ1) is 22.3. The van der Waals surface area contributed by atoms with Gasteiger partial charge in [0, 0.05) is 19.2 Å². The summed E-state index contributed by atoms with van der Waals surface area (Å²) in [7, 11) is 1.38. The van der Waals surface area contributed by atoms with Crippen molar-refractivity contribution in [3.05, 3.63) is 29.3 Å². The maximum absolute atomic E-state index is 12.6. The van der Waals surface area contributed by atoms with Crippen LogP contribution in [0.5, 0.6) is 5.75 Å². The Morgan fingerprint density at radius 3 is 2.39 bits per heavy atom. The number of nitrogens with zero attached hydrogens (tertiary/aromatic N) is 1. The Hall–Kier alpha value is -2.04. The molecule has 0 saturated carbocycles. The molecule has 1 aliphatic heterocycles. The average molecular weight is 397 g/mol. The molecule has 9 heteroatoms. The van der Waals surface area contributed by atoms with Crippen molar-refractivity contribution in [2.45, 2.75) is 50.3 Å². The minimum atomic E-state index is -1.77. The van der Waals surface area contributed by atoms with Gasteiger partial charge in [0.15, 0.2) is 5.78 Å². The monoisotopic (exact) mass is 397 g/mol. The normalized spacial score (nSPS) is 19.8. The molecular weight excluding hydrogens is 370 g/mol.